The van der Waals surface area contributed by atoms with E-state index in [1.807, 2.05) is 6.07 Å². The van der Waals surface area contributed by atoms with Crippen LogP contribution >= 0.6 is 0 Å². The molecule has 5 rings (SSSR count). The Labute approximate surface area is 159 Å². The third-order valence-electron chi connectivity index (χ3n) is 5.85. The van der Waals surface area contributed by atoms with Gasteiger partial charge in [-0.3, -0.25) is 4.90 Å². The third-order valence-corrected chi connectivity index (χ3v) is 5.85. The summed E-state index contributed by atoms with van der Waals surface area (Å²) in [7, 11) is 2.19. The molecule has 0 fully saturated rings. The van der Waals surface area contributed by atoms with Crippen molar-refractivity contribution in [2.45, 2.75) is 33.1 Å². The lowest BCUT2D eigenvalue weighted by Crippen LogP contribution is -2.42. The van der Waals surface area contributed by atoms with Gasteiger partial charge in [0.05, 0.1) is 11.9 Å². The fraction of sp³-hybridized carbons (Fsp3) is 0.261. The predicted molar refractivity (Wildman–Crippen MR) is 110 cm³/mol. The molecular formula is C23H23N3O. The van der Waals surface area contributed by atoms with E-state index in [1.165, 1.54) is 22.4 Å². The quantitative estimate of drug-likeness (QED) is 0.475. The average Bonchev–Trinajstić information content (AvgIpc) is 3.00. The molecule has 1 aliphatic heterocycles. The maximum absolute atomic E-state index is 6.26. The standard InChI is InChI=1S/C23H23N3O/c1-15-10-11-19-20-9-6-12-24-23(20)27-22(19)21(15)26-14-18-8-5-4-7-17(18)13-25(3)16(26)2/h4-12,16H,13-14H2,1-3H3/t16-/m0/s1. The third kappa shape index (κ3) is 2.52. The first-order valence-corrected chi connectivity index (χ1v) is 9.44. The lowest BCUT2D eigenvalue weighted by atomic mass is 10.1. The van der Waals surface area contributed by atoms with Crippen LogP contribution in [0.3, 0.4) is 0 Å². The monoisotopic (exact) mass is 357 g/mol. The first kappa shape index (κ1) is 16.3. The number of hydrogen-bond acceptors (Lipinski definition) is 4. The molecule has 0 bridgehead atoms. The van der Waals surface area contributed by atoms with Gasteiger partial charge in [0.2, 0.25) is 5.71 Å². The summed E-state index contributed by atoms with van der Waals surface area (Å²) < 4.78 is 6.26. The van der Waals surface area contributed by atoms with Crippen LogP contribution < -0.4 is 4.90 Å². The molecule has 4 nitrogen and oxygen atoms in total. The number of rotatable bonds is 1. The van der Waals surface area contributed by atoms with Gasteiger partial charge in [-0.1, -0.05) is 36.4 Å². The highest BCUT2D eigenvalue weighted by Gasteiger charge is 2.28. The van der Waals surface area contributed by atoms with Gasteiger partial charge in [-0.2, -0.15) is 0 Å². The van der Waals surface area contributed by atoms with E-state index in [0.29, 0.717) is 5.71 Å². The largest absolute Gasteiger partial charge is 0.436 e. The minimum absolute atomic E-state index is 0.253. The summed E-state index contributed by atoms with van der Waals surface area (Å²) in [5.74, 6) is 0. The second-order valence-corrected chi connectivity index (χ2v) is 7.51. The molecular weight excluding hydrogens is 334 g/mol. The Kier molecular flexibility index (Phi) is 3.69. The van der Waals surface area contributed by atoms with Crippen molar-refractivity contribution in [2.24, 2.45) is 0 Å². The van der Waals surface area contributed by atoms with E-state index < -0.39 is 0 Å². The highest BCUT2D eigenvalue weighted by atomic mass is 16.3. The van der Waals surface area contributed by atoms with Crippen LogP contribution in [0.15, 0.2) is 59.1 Å². The molecule has 0 aliphatic carbocycles. The van der Waals surface area contributed by atoms with E-state index in [9.17, 15) is 0 Å². The van der Waals surface area contributed by atoms with E-state index in [0.717, 1.165) is 29.4 Å². The Morgan fingerprint density at radius 3 is 2.56 bits per heavy atom. The maximum atomic E-state index is 6.26. The average molecular weight is 357 g/mol. The Bertz CT molecular complexity index is 1150. The van der Waals surface area contributed by atoms with Crippen molar-refractivity contribution in [2.75, 3.05) is 11.9 Å². The molecule has 0 radical (unpaired) electrons. The number of pyridine rings is 1. The molecule has 0 amide bonds. The van der Waals surface area contributed by atoms with E-state index in [2.05, 4.69) is 78.1 Å². The topological polar surface area (TPSA) is 32.5 Å². The minimum Gasteiger partial charge on any atom is -0.436 e. The number of furan rings is 1. The van der Waals surface area contributed by atoms with Crippen molar-refractivity contribution < 1.29 is 4.42 Å². The molecule has 2 aromatic carbocycles. The Morgan fingerprint density at radius 2 is 1.74 bits per heavy atom. The highest BCUT2D eigenvalue weighted by molar-refractivity contribution is 6.08. The Morgan fingerprint density at radius 1 is 0.963 bits per heavy atom. The van der Waals surface area contributed by atoms with E-state index in [-0.39, 0.29) is 6.17 Å². The van der Waals surface area contributed by atoms with Crippen molar-refractivity contribution in [1.82, 2.24) is 9.88 Å². The van der Waals surface area contributed by atoms with Crippen molar-refractivity contribution in [3.05, 3.63) is 71.4 Å². The van der Waals surface area contributed by atoms with Crippen molar-refractivity contribution in [3.8, 4) is 0 Å². The molecule has 2 aromatic heterocycles. The number of benzene rings is 2. The number of aryl methyl sites for hydroxylation is 1. The molecule has 1 aliphatic rings. The minimum atomic E-state index is 0.253. The number of aromatic nitrogens is 1. The highest BCUT2D eigenvalue weighted by Crippen LogP contribution is 2.39. The van der Waals surface area contributed by atoms with Crippen molar-refractivity contribution >= 4 is 27.8 Å². The Hall–Kier alpha value is -2.85. The lowest BCUT2D eigenvalue weighted by molar-refractivity contribution is 0.248. The van der Waals surface area contributed by atoms with E-state index in [1.54, 1.807) is 6.20 Å². The van der Waals surface area contributed by atoms with Crippen LogP contribution in [0.5, 0.6) is 0 Å². The summed E-state index contributed by atoms with van der Waals surface area (Å²) in [5, 5.41) is 2.20. The van der Waals surface area contributed by atoms with Crippen molar-refractivity contribution in [3.63, 3.8) is 0 Å². The molecule has 0 N–H and O–H groups in total. The molecule has 4 aromatic rings. The zero-order valence-electron chi connectivity index (χ0n) is 15.9. The first-order chi connectivity index (χ1) is 13.1. The predicted octanol–water partition coefficient (Wildman–Crippen LogP) is 5.09. The second kappa shape index (κ2) is 6.10. The van der Waals surface area contributed by atoms with Gasteiger partial charge in [0.1, 0.15) is 0 Å². The molecule has 27 heavy (non-hydrogen) atoms. The van der Waals surface area contributed by atoms with Gasteiger partial charge >= 0.3 is 0 Å². The summed E-state index contributed by atoms with van der Waals surface area (Å²) in [4.78, 5) is 9.29. The maximum Gasteiger partial charge on any atom is 0.227 e. The van der Waals surface area contributed by atoms with Crippen molar-refractivity contribution in [1.29, 1.82) is 0 Å². The van der Waals surface area contributed by atoms with Gasteiger partial charge < -0.3 is 9.32 Å². The summed E-state index contributed by atoms with van der Waals surface area (Å²) in [6.07, 6.45) is 2.04. The van der Waals surface area contributed by atoms with Crippen LogP contribution in [-0.2, 0) is 13.1 Å². The number of fused-ring (bicyclic) bond motifs is 4. The van der Waals surface area contributed by atoms with E-state index >= 15 is 0 Å². The van der Waals surface area contributed by atoms with Crippen LogP contribution in [0.4, 0.5) is 5.69 Å². The first-order valence-electron chi connectivity index (χ1n) is 9.44. The molecule has 0 saturated heterocycles. The van der Waals surface area contributed by atoms with Gasteiger partial charge in [-0.05, 0) is 49.7 Å². The van der Waals surface area contributed by atoms with Crippen LogP contribution in [0.25, 0.3) is 22.1 Å². The molecule has 0 spiro atoms. The molecule has 136 valence electrons. The summed E-state index contributed by atoms with van der Waals surface area (Å²) >= 11 is 0. The zero-order valence-corrected chi connectivity index (χ0v) is 15.9. The molecule has 1 atom stereocenters. The normalized spacial score (nSPS) is 18.0. The summed E-state index contributed by atoms with van der Waals surface area (Å²) in [6.45, 7) is 6.25. The Balaban J connectivity index is 1.75. The fourth-order valence-electron chi connectivity index (χ4n) is 4.20. The van der Waals surface area contributed by atoms with Crippen LogP contribution in [0, 0.1) is 6.92 Å². The lowest BCUT2D eigenvalue weighted by Gasteiger charge is -2.35. The van der Waals surface area contributed by atoms with Gasteiger partial charge in [-0.15, -0.1) is 0 Å². The van der Waals surface area contributed by atoms with Gasteiger partial charge in [-0.25, -0.2) is 4.98 Å². The summed E-state index contributed by atoms with van der Waals surface area (Å²) in [6, 6.07) is 17.1. The van der Waals surface area contributed by atoms with Gasteiger partial charge in [0.25, 0.3) is 0 Å². The van der Waals surface area contributed by atoms with Gasteiger partial charge in [0, 0.05) is 30.1 Å². The number of hydrogen-bond donors (Lipinski definition) is 0. The molecule has 4 heteroatoms. The fourth-order valence-corrected chi connectivity index (χ4v) is 4.20. The smallest absolute Gasteiger partial charge is 0.227 e. The molecule has 0 unspecified atom stereocenters. The summed E-state index contributed by atoms with van der Waals surface area (Å²) in [5.41, 5.74) is 6.80. The van der Waals surface area contributed by atoms with Gasteiger partial charge in [0.15, 0.2) is 5.58 Å². The number of anilines is 1. The van der Waals surface area contributed by atoms with E-state index in [4.69, 9.17) is 4.42 Å². The van der Waals surface area contributed by atoms with Crippen LogP contribution in [0.1, 0.15) is 23.6 Å². The number of nitrogens with zero attached hydrogens (tertiary/aromatic N) is 3. The molecule has 3 heterocycles. The van der Waals surface area contributed by atoms with Crippen LogP contribution in [-0.4, -0.2) is 23.1 Å². The zero-order chi connectivity index (χ0) is 18.5. The van der Waals surface area contributed by atoms with Crippen LogP contribution in [0.2, 0.25) is 0 Å². The second-order valence-electron chi connectivity index (χ2n) is 7.51. The molecule has 0 saturated carbocycles. The SMILES string of the molecule is Cc1ccc2c(oc3ncccc32)c1N1Cc2ccccc2CN(C)[C@@H]1C.